The van der Waals surface area contributed by atoms with Crippen molar-refractivity contribution in [3.05, 3.63) is 59.3 Å². The Morgan fingerprint density at radius 3 is 2.27 bits per heavy atom. The summed E-state index contributed by atoms with van der Waals surface area (Å²) in [6.07, 6.45) is 0.667. The molecular formula is C12H12FNO. The maximum atomic E-state index is 12.6. The van der Waals surface area contributed by atoms with Crippen LogP contribution in [0.1, 0.15) is 17.1 Å². The third kappa shape index (κ3) is 2.44. The van der Waals surface area contributed by atoms with E-state index in [-0.39, 0.29) is 5.82 Å². The Kier molecular flexibility index (Phi) is 2.83. The van der Waals surface area contributed by atoms with Crippen molar-refractivity contribution in [2.24, 2.45) is 5.73 Å². The lowest BCUT2D eigenvalue weighted by Gasteiger charge is -1.98. The molecule has 0 saturated carbocycles. The van der Waals surface area contributed by atoms with E-state index in [4.69, 9.17) is 10.2 Å². The maximum Gasteiger partial charge on any atom is 0.123 e. The second-order valence-electron chi connectivity index (χ2n) is 3.38. The molecule has 2 rings (SSSR count). The molecule has 0 amide bonds. The lowest BCUT2D eigenvalue weighted by molar-refractivity contribution is 0.475. The predicted molar refractivity (Wildman–Crippen MR) is 55.8 cm³/mol. The molecule has 2 aromatic rings. The molecule has 0 spiro atoms. The van der Waals surface area contributed by atoms with E-state index in [1.54, 1.807) is 12.1 Å². The fraction of sp³-hybridized carbons (Fsp3) is 0.167. The van der Waals surface area contributed by atoms with E-state index in [1.165, 1.54) is 12.1 Å². The van der Waals surface area contributed by atoms with Gasteiger partial charge in [-0.3, -0.25) is 0 Å². The molecule has 1 aromatic carbocycles. The van der Waals surface area contributed by atoms with Crippen LogP contribution in [-0.2, 0) is 13.0 Å². The molecule has 15 heavy (non-hydrogen) atoms. The van der Waals surface area contributed by atoms with E-state index in [0.717, 1.165) is 17.1 Å². The highest BCUT2D eigenvalue weighted by atomic mass is 19.1. The summed E-state index contributed by atoms with van der Waals surface area (Å²) >= 11 is 0. The fourth-order valence-electron chi connectivity index (χ4n) is 1.43. The number of hydrogen-bond acceptors (Lipinski definition) is 2. The molecule has 2 nitrogen and oxygen atoms in total. The number of halogens is 1. The van der Waals surface area contributed by atoms with Crippen molar-refractivity contribution >= 4 is 0 Å². The molecule has 3 heteroatoms. The van der Waals surface area contributed by atoms with Gasteiger partial charge in [0.2, 0.25) is 0 Å². The van der Waals surface area contributed by atoms with Crippen molar-refractivity contribution in [2.45, 2.75) is 13.0 Å². The Hall–Kier alpha value is -1.61. The van der Waals surface area contributed by atoms with E-state index in [0.29, 0.717) is 13.0 Å². The lowest BCUT2D eigenvalue weighted by Crippen LogP contribution is -1.93. The van der Waals surface area contributed by atoms with Gasteiger partial charge in [-0.15, -0.1) is 0 Å². The van der Waals surface area contributed by atoms with Gasteiger partial charge >= 0.3 is 0 Å². The van der Waals surface area contributed by atoms with E-state index >= 15 is 0 Å². The van der Waals surface area contributed by atoms with Gasteiger partial charge in [-0.1, -0.05) is 12.1 Å². The highest BCUT2D eigenvalue weighted by Gasteiger charge is 2.02. The molecule has 0 bridgehead atoms. The third-order valence-electron chi connectivity index (χ3n) is 2.21. The summed E-state index contributed by atoms with van der Waals surface area (Å²) in [6, 6.07) is 10.1. The summed E-state index contributed by atoms with van der Waals surface area (Å²) in [5.74, 6) is 1.40. The normalized spacial score (nSPS) is 10.5. The molecule has 0 aliphatic rings. The molecule has 78 valence electrons. The summed E-state index contributed by atoms with van der Waals surface area (Å²) in [4.78, 5) is 0. The monoisotopic (exact) mass is 205 g/mol. The van der Waals surface area contributed by atoms with Crippen molar-refractivity contribution in [1.29, 1.82) is 0 Å². The lowest BCUT2D eigenvalue weighted by atomic mass is 10.1. The number of rotatable bonds is 3. The SMILES string of the molecule is NCc1ccc(Cc2ccc(F)cc2)o1. The van der Waals surface area contributed by atoms with Crippen LogP contribution in [0.25, 0.3) is 0 Å². The van der Waals surface area contributed by atoms with Gasteiger partial charge in [0.05, 0.1) is 6.54 Å². The van der Waals surface area contributed by atoms with Gasteiger partial charge < -0.3 is 10.2 Å². The first-order chi connectivity index (χ1) is 7.28. The smallest absolute Gasteiger partial charge is 0.123 e. The van der Waals surface area contributed by atoms with E-state index in [1.807, 2.05) is 12.1 Å². The molecule has 0 saturated heterocycles. The molecule has 0 unspecified atom stereocenters. The average Bonchev–Trinajstić information content (AvgIpc) is 2.69. The van der Waals surface area contributed by atoms with Crippen LogP contribution in [-0.4, -0.2) is 0 Å². The minimum Gasteiger partial charge on any atom is -0.464 e. The molecule has 2 N–H and O–H groups in total. The van der Waals surface area contributed by atoms with Crippen LogP contribution in [0.3, 0.4) is 0 Å². The van der Waals surface area contributed by atoms with Crippen molar-refractivity contribution in [3.8, 4) is 0 Å². The molecule has 0 fully saturated rings. The first-order valence-corrected chi connectivity index (χ1v) is 4.80. The molecule has 1 heterocycles. The Bertz CT molecular complexity index is 433. The van der Waals surface area contributed by atoms with Gasteiger partial charge in [0, 0.05) is 6.42 Å². The quantitative estimate of drug-likeness (QED) is 0.836. The van der Waals surface area contributed by atoms with E-state index in [2.05, 4.69) is 0 Å². The van der Waals surface area contributed by atoms with Crippen LogP contribution in [0.5, 0.6) is 0 Å². The number of nitrogens with two attached hydrogens (primary N) is 1. The summed E-state index contributed by atoms with van der Waals surface area (Å²) in [7, 11) is 0. The number of furan rings is 1. The Labute approximate surface area is 87.5 Å². The van der Waals surface area contributed by atoms with Crippen molar-refractivity contribution < 1.29 is 8.81 Å². The zero-order chi connectivity index (χ0) is 10.7. The minimum absolute atomic E-state index is 0.221. The van der Waals surface area contributed by atoms with Crippen LogP contribution >= 0.6 is 0 Å². The summed E-state index contributed by atoms with van der Waals surface area (Å²) in [6.45, 7) is 0.406. The highest BCUT2D eigenvalue weighted by molar-refractivity contribution is 5.22. The van der Waals surface area contributed by atoms with Crippen LogP contribution < -0.4 is 5.73 Å². The van der Waals surface area contributed by atoms with Crippen molar-refractivity contribution in [2.75, 3.05) is 0 Å². The zero-order valence-electron chi connectivity index (χ0n) is 8.24. The standard InChI is InChI=1S/C12H12FNO/c13-10-3-1-9(2-4-10)7-11-5-6-12(8-14)15-11/h1-6H,7-8,14H2. The van der Waals surface area contributed by atoms with Crippen LogP contribution in [0.15, 0.2) is 40.8 Å². The predicted octanol–water partition coefficient (Wildman–Crippen LogP) is 2.47. The number of hydrogen-bond donors (Lipinski definition) is 1. The summed E-state index contributed by atoms with van der Waals surface area (Å²) in [5, 5.41) is 0. The fourth-order valence-corrected chi connectivity index (χ4v) is 1.43. The van der Waals surface area contributed by atoms with Crippen LogP contribution in [0.2, 0.25) is 0 Å². The minimum atomic E-state index is -0.221. The molecule has 0 atom stereocenters. The second-order valence-corrected chi connectivity index (χ2v) is 3.38. The van der Waals surface area contributed by atoms with Gasteiger partial charge in [0.15, 0.2) is 0 Å². The maximum absolute atomic E-state index is 12.6. The van der Waals surface area contributed by atoms with Crippen LogP contribution in [0.4, 0.5) is 4.39 Å². The molecule has 0 aliphatic carbocycles. The van der Waals surface area contributed by atoms with Gasteiger partial charge in [0.1, 0.15) is 17.3 Å². The Morgan fingerprint density at radius 1 is 1.00 bits per heavy atom. The zero-order valence-corrected chi connectivity index (χ0v) is 8.24. The van der Waals surface area contributed by atoms with Gasteiger partial charge in [-0.05, 0) is 29.8 Å². The summed E-state index contributed by atoms with van der Waals surface area (Å²) in [5.41, 5.74) is 6.46. The molecule has 0 radical (unpaired) electrons. The van der Waals surface area contributed by atoms with Gasteiger partial charge in [-0.25, -0.2) is 4.39 Å². The molecular weight excluding hydrogens is 193 g/mol. The Balaban J connectivity index is 2.11. The van der Waals surface area contributed by atoms with Gasteiger partial charge in [0.25, 0.3) is 0 Å². The van der Waals surface area contributed by atoms with Crippen molar-refractivity contribution in [3.63, 3.8) is 0 Å². The highest BCUT2D eigenvalue weighted by Crippen LogP contribution is 2.13. The first-order valence-electron chi connectivity index (χ1n) is 4.80. The van der Waals surface area contributed by atoms with Crippen molar-refractivity contribution in [1.82, 2.24) is 0 Å². The van der Waals surface area contributed by atoms with E-state index < -0.39 is 0 Å². The second kappa shape index (κ2) is 4.28. The molecule has 1 aromatic heterocycles. The van der Waals surface area contributed by atoms with E-state index in [9.17, 15) is 4.39 Å². The molecule has 0 aliphatic heterocycles. The largest absolute Gasteiger partial charge is 0.464 e. The van der Waals surface area contributed by atoms with Crippen LogP contribution in [0, 0.1) is 5.82 Å². The average molecular weight is 205 g/mol. The Morgan fingerprint density at radius 2 is 1.67 bits per heavy atom. The first kappa shape index (κ1) is 9.93. The van der Waals surface area contributed by atoms with Gasteiger partial charge in [-0.2, -0.15) is 0 Å². The summed E-state index contributed by atoms with van der Waals surface area (Å²) < 4.78 is 18.1. The number of benzene rings is 1. The topological polar surface area (TPSA) is 39.2 Å². The third-order valence-corrected chi connectivity index (χ3v) is 2.21.